The van der Waals surface area contributed by atoms with Crippen LogP contribution in [0, 0.1) is 0 Å². The van der Waals surface area contributed by atoms with Crippen LogP contribution in [0.5, 0.6) is 0 Å². The van der Waals surface area contributed by atoms with Gasteiger partial charge in [0.05, 0.1) is 10.5 Å². The minimum atomic E-state index is -0.228. The first-order chi connectivity index (χ1) is 19.5. The average molecular weight is 637 g/mol. The van der Waals surface area contributed by atoms with Crippen molar-refractivity contribution in [2.75, 3.05) is 0 Å². The summed E-state index contributed by atoms with van der Waals surface area (Å²) in [5.74, 6) is -0.455. The minimum Gasteiger partial charge on any atom is -0.369 e. The maximum atomic E-state index is 11.9. The molecule has 0 spiro atoms. The summed E-state index contributed by atoms with van der Waals surface area (Å²) in [4.78, 5) is 23.8. The molecule has 0 aliphatic rings. The largest absolute Gasteiger partial charge is 0.369 e. The van der Waals surface area contributed by atoms with Crippen LogP contribution in [0.4, 0.5) is 0 Å². The molecule has 0 heterocycles. The Hall–Kier alpha value is 0.340. The first-order valence-electron chi connectivity index (χ1n) is 16.8. The first-order valence-corrected chi connectivity index (χ1v) is 21.7. The van der Waals surface area contributed by atoms with E-state index in [-0.39, 0.29) is 22.3 Å². The molecule has 0 saturated carbocycles. The van der Waals surface area contributed by atoms with Crippen LogP contribution in [0.15, 0.2) is 0 Å². The Morgan fingerprint density at radius 1 is 0.425 bits per heavy atom. The van der Waals surface area contributed by atoms with Gasteiger partial charge in [-0.2, -0.15) is 0 Å². The van der Waals surface area contributed by atoms with E-state index in [1.165, 1.54) is 141 Å². The smallest absolute Gasteiger partial charge is 0.231 e. The van der Waals surface area contributed by atoms with Crippen LogP contribution in [0.1, 0.15) is 181 Å². The van der Waals surface area contributed by atoms with Crippen molar-refractivity contribution in [2.45, 2.75) is 191 Å². The topological polar surface area (TPSA) is 86.2 Å². The van der Waals surface area contributed by atoms with E-state index in [2.05, 4.69) is 13.8 Å². The van der Waals surface area contributed by atoms with Gasteiger partial charge in [-0.15, -0.1) is 0 Å². The number of hydrogen-bond donors (Lipinski definition) is 2. The van der Waals surface area contributed by atoms with Gasteiger partial charge in [0.25, 0.3) is 0 Å². The lowest BCUT2D eigenvalue weighted by Gasteiger charge is -2.14. The van der Waals surface area contributed by atoms with E-state index in [0.29, 0.717) is 0 Å². The summed E-state index contributed by atoms with van der Waals surface area (Å²) in [5, 5.41) is -0.325. The van der Waals surface area contributed by atoms with E-state index in [0.717, 1.165) is 25.7 Å². The molecule has 40 heavy (non-hydrogen) atoms. The van der Waals surface area contributed by atoms with Crippen LogP contribution in [-0.4, -0.2) is 22.3 Å². The molecular formula is C32H64N2O2S4. The van der Waals surface area contributed by atoms with Crippen molar-refractivity contribution < 1.29 is 9.59 Å². The Balaban J connectivity index is 3.76. The molecule has 0 fully saturated rings. The fourth-order valence-corrected chi connectivity index (χ4v) is 11.8. The monoisotopic (exact) mass is 636 g/mol. The maximum absolute atomic E-state index is 11.9. The maximum Gasteiger partial charge on any atom is 0.231 e. The molecule has 0 bridgehead atoms. The standard InChI is InChI=1S/C32H64N2O2S4/c1-3-5-7-9-11-13-15-17-19-21-23-25-27-29(31(33)35)37-39-40-38-30(32(34)36)28-26-24-22-20-18-16-14-12-10-8-6-4-2/h29-30H,3-28H2,1-2H3,(H2,33,35)(H2,34,36). The van der Waals surface area contributed by atoms with Gasteiger partial charge in [0.2, 0.25) is 11.8 Å². The second-order valence-electron chi connectivity index (χ2n) is 11.5. The lowest BCUT2D eigenvalue weighted by molar-refractivity contribution is -0.118. The molecule has 0 aromatic carbocycles. The van der Waals surface area contributed by atoms with Crippen molar-refractivity contribution in [3.8, 4) is 0 Å². The van der Waals surface area contributed by atoms with Gasteiger partial charge in [0.15, 0.2) is 0 Å². The molecule has 0 radical (unpaired) electrons. The summed E-state index contributed by atoms with van der Waals surface area (Å²) in [6.45, 7) is 4.54. The third kappa shape index (κ3) is 28.5. The van der Waals surface area contributed by atoms with E-state index < -0.39 is 0 Å². The quantitative estimate of drug-likeness (QED) is 0.0550. The molecule has 0 aromatic heterocycles. The second-order valence-corrected chi connectivity index (χ2v) is 17.7. The molecule has 2 atom stereocenters. The van der Waals surface area contributed by atoms with Crippen LogP contribution in [0.3, 0.4) is 0 Å². The number of rotatable bonds is 33. The zero-order valence-corrected chi connectivity index (χ0v) is 29.4. The van der Waals surface area contributed by atoms with E-state index in [1.807, 2.05) is 0 Å². The highest BCUT2D eigenvalue weighted by Crippen LogP contribution is 2.48. The van der Waals surface area contributed by atoms with Crippen molar-refractivity contribution in [1.29, 1.82) is 0 Å². The lowest BCUT2D eigenvalue weighted by Crippen LogP contribution is -2.25. The Morgan fingerprint density at radius 2 is 0.650 bits per heavy atom. The van der Waals surface area contributed by atoms with E-state index in [9.17, 15) is 9.59 Å². The van der Waals surface area contributed by atoms with E-state index in [4.69, 9.17) is 11.5 Å². The molecule has 2 amide bonds. The van der Waals surface area contributed by atoms with Gasteiger partial charge >= 0.3 is 0 Å². The highest BCUT2D eigenvalue weighted by atomic mass is 33.7. The molecule has 238 valence electrons. The predicted molar refractivity (Wildman–Crippen MR) is 188 cm³/mol. The summed E-state index contributed by atoms with van der Waals surface area (Å²) >= 11 is 0. The normalized spacial score (nSPS) is 12.9. The number of amides is 2. The molecule has 4 N–H and O–H groups in total. The average Bonchev–Trinajstić information content (AvgIpc) is 2.93. The van der Waals surface area contributed by atoms with Crippen molar-refractivity contribution in [3.63, 3.8) is 0 Å². The third-order valence-electron chi connectivity index (χ3n) is 7.61. The molecule has 0 saturated heterocycles. The fraction of sp³-hybridized carbons (Fsp3) is 0.938. The third-order valence-corrected chi connectivity index (χ3v) is 14.7. The highest BCUT2D eigenvalue weighted by molar-refractivity contribution is 9.26. The molecule has 2 unspecified atom stereocenters. The van der Waals surface area contributed by atoms with Crippen molar-refractivity contribution in [3.05, 3.63) is 0 Å². The number of primary amides is 2. The fourth-order valence-electron chi connectivity index (χ4n) is 4.94. The minimum absolute atomic E-state index is 0.162. The Kier molecular flexibility index (Phi) is 32.5. The van der Waals surface area contributed by atoms with Crippen molar-refractivity contribution >= 4 is 53.1 Å². The Bertz CT molecular complexity index is 521. The van der Waals surface area contributed by atoms with Crippen LogP contribution in [0.25, 0.3) is 0 Å². The van der Waals surface area contributed by atoms with Crippen LogP contribution >= 0.6 is 41.2 Å². The Labute approximate surface area is 264 Å². The SMILES string of the molecule is CCCCCCCCCCCCCCC(SSSSC(CCCCCCCCCCCCCC)C(N)=O)C(N)=O. The summed E-state index contributed by atoms with van der Waals surface area (Å²) in [6, 6.07) is 0. The van der Waals surface area contributed by atoms with E-state index in [1.54, 1.807) is 41.2 Å². The van der Waals surface area contributed by atoms with Gasteiger partial charge in [-0.25, -0.2) is 0 Å². The number of carbonyl (C=O) groups is 2. The van der Waals surface area contributed by atoms with Crippen molar-refractivity contribution in [2.24, 2.45) is 11.5 Å². The zero-order valence-electron chi connectivity index (χ0n) is 26.1. The molecular weight excluding hydrogens is 573 g/mol. The highest BCUT2D eigenvalue weighted by Gasteiger charge is 2.19. The first kappa shape index (κ1) is 40.3. The zero-order chi connectivity index (χ0) is 29.5. The molecule has 0 aromatic rings. The van der Waals surface area contributed by atoms with Gasteiger partial charge < -0.3 is 11.5 Å². The Morgan fingerprint density at radius 3 is 0.875 bits per heavy atom. The second kappa shape index (κ2) is 32.3. The molecule has 0 rings (SSSR count). The molecule has 0 aliphatic heterocycles. The van der Waals surface area contributed by atoms with Gasteiger partial charge in [-0.3, -0.25) is 9.59 Å². The van der Waals surface area contributed by atoms with Gasteiger partial charge in [0, 0.05) is 0 Å². The molecule has 8 heteroatoms. The van der Waals surface area contributed by atoms with Crippen molar-refractivity contribution in [1.82, 2.24) is 0 Å². The summed E-state index contributed by atoms with van der Waals surface area (Å²) < 4.78 is 0. The van der Waals surface area contributed by atoms with Crippen LogP contribution < -0.4 is 11.5 Å². The van der Waals surface area contributed by atoms with Gasteiger partial charge in [0.1, 0.15) is 0 Å². The number of hydrogen-bond acceptors (Lipinski definition) is 6. The summed E-state index contributed by atoms with van der Waals surface area (Å²) in [6.07, 6.45) is 33.2. The number of carbonyl (C=O) groups excluding carboxylic acids is 2. The molecule has 4 nitrogen and oxygen atoms in total. The number of nitrogens with two attached hydrogens (primary N) is 2. The molecule has 0 aliphatic carbocycles. The van der Waals surface area contributed by atoms with Crippen LogP contribution in [-0.2, 0) is 9.59 Å². The van der Waals surface area contributed by atoms with Crippen LogP contribution in [0.2, 0.25) is 0 Å². The predicted octanol–water partition coefficient (Wildman–Crippen LogP) is 11.6. The summed E-state index contributed by atoms with van der Waals surface area (Å²) in [5.41, 5.74) is 11.3. The number of unbranched alkanes of at least 4 members (excludes halogenated alkanes) is 22. The summed E-state index contributed by atoms with van der Waals surface area (Å²) in [7, 11) is 6.23. The van der Waals surface area contributed by atoms with E-state index >= 15 is 0 Å². The van der Waals surface area contributed by atoms with Gasteiger partial charge in [-0.1, -0.05) is 190 Å². The lowest BCUT2D eigenvalue weighted by atomic mass is 10.0. The van der Waals surface area contributed by atoms with Gasteiger partial charge in [-0.05, 0) is 32.5 Å².